The molecule has 0 aliphatic carbocycles. The summed E-state index contributed by atoms with van der Waals surface area (Å²) < 4.78 is 5.29. The molecule has 0 unspecified atom stereocenters. The highest BCUT2D eigenvalue weighted by molar-refractivity contribution is 5.86. The Hall–Kier alpha value is -4.64. The molecule has 2 amide bonds. The Bertz CT molecular complexity index is 1160. The average Bonchev–Trinajstić information content (AvgIpc) is 2.88. The van der Waals surface area contributed by atoms with Crippen molar-refractivity contribution in [2.24, 2.45) is 0 Å². The zero-order valence-electron chi connectivity index (χ0n) is 19.1. The molecule has 3 aromatic rings. The fourth-order valence-corrected chi connectivity index (χ4v) is 3.47. The molecule has 3 aromatic carbocycles. The van der Waals surface area contributed by atoms with E-state index >= 15 is 0 Å². The number of benzene rings is 3. The van der Waals surface area contributed by atoms with E-state index in [1.54, 1.807) is 0 Å². The fraction of sp³-hybridized carbons (Fsp3) is 0.185. The smallest absolute Gasteiger partial charge is 0.408 e. The third-order valence-electron chi connectivity index (χ3n) is 5.25. The van der Waals surface area contributed by atoms with Crippen molar-refractivity contribution in [3.8, 4) is 0 Å². The lowest BCUT2D eigenvalue weighted by atomic mass is 10.0. The highest BCUT2D eigenvalue weighted by atomic mass is 16.5. The Balaban J connectivity index is 1.73. The molecule has 0 fully saturated rings. The number of diazo groups is 1. The van der Waals surface area contributed by atoms with E-state index in [-0.39, 0.29) is 25.2 Å². The average molecular weight is 472 g/mol. The van der Waals surface area contributed by atoms with Crippen LogP contribution in [-0.4, -0.2) is 29.2 Å². The first-order valence-corrected chi connectivity index (χ1v) is 11.1. The van der Waals surface area contributed by atoms with E-state index in [4.69, 9.17) is 10.1 Å². The number of carbonyl (C=O) groups excluding carboxylic acids is 2. The summed E-state index contributed by atoms with van der Waals surface area (Å²) in [5.41, 5.74) is 2.50. The Morgan fingerprint density at radius 3 is 1.80 bits per heavy atom. The number of alkyl carbamates (subject to hydrolysis) is 1. The molecule has 0 bridgehead atoms. The largest absolute Gasteiger partial charge is 0.504 e. The van der Waals surface area contributed by atoms with Crippen molar-refractivity contribution in [1.29, 1.82) is 5.39 Å². The molecular weight excluding hydrogens is 444 g/mol. The molecule has 0 aliphatic heterocycles. The molecule has 0 saturated carbocycles. The van der Waals surface area contributed by atoms with Gasteiger partial charge in [0.05, 0.1) is 6.04 Å². The van der Waals surface area contributed by atoms with Gasteiger partial charge in [0.25, 0.3) is 0 Å². The number of hydrogen-bond donors (Lipinski definition) is 3. The Labute approximate surface area is 203 Å². The zero-order chi connectivity index (χ0) is 24.9. The lowest BCUT2D eigenvalue weighted by Crippen LogP contribution is -2.51. The molecular formula is C27H27N4O4+. The minimum Gasteiger partial charge on any atom is -0.504 e. The third kappa shape index (κ3) is 8.33. The summed E-state index contributed by atoms with van der Waals surface area (Å²) in [7, 11) is 0. The van der Waals surface area contributed by atoms with Crippen molar-refractivity contribution < 1.29 is 19.4 Å². The number of rotatable bonds is 10. The summed E-state index contributed by atoms with van der Waals surface area (Å²) in [4.78, 5) is 28.6. The lowest BCUT2D eigenvalue weighted by Gasteiger charge is -2.22. The van der Waals surface area contributed by atoms with Crippen LogP contribution >= 0.6 is 0 Å². The topological polar surface area (TPSA) is 116 Å². The number of carbonyl (C=O) groups is 2. The van der Waals surface area contributed by atoms with Crippen LogP contribution in [0.2, 0.25) is 0 Å². The lowest BCUT2D eigenvalue weighted by molar-refractivity contribution is -0.123. The molecule has 3 N–H and O–H groups in total. The van der Waals surface area contributed by atoms with E-state index in [1.165, 1.54) is 0 Å². The fourth-order valence-electron chi connectivity index (χ4n) is 3.47. The highest BCUT2D eigenvalue weighted by Crippen LogP contribution is 2.11. The van der Waals surface area contributed by atoms with Crippen LogP contribution in [0.25, 0.3) is 4.98 Å². The summed E-state index contributed by atoms with van der Waals surface area (Å²) in [6, 6.07) is 25.8. The molecule has 178 valence electrons. The van der Waals surface area contributed by atoms with Gasteiger partial charge in [0.15, 0.2) is 4.98 Å². The van der Waals surface area contributed by atoms with Gasteiger partial charge in [-0.25, -0.2) is 4.79 Å². The van der Waals surface area contributed by atoms with Gasteiger partial charge in [-0.2, -0.15) is 0 Å². The van der Waals surface area contributed by atoms with Gasteiger partial charge >= 0.3 is 12.3 Å². The first-order chi connectivity index (χ1) is 17.0. The van der Waals surface area contributed by atoms with Gasteiger partial charge in [0, 0.05) is 12.8 Å². The highest BCUT2D eigenvalue weighted by Gasteiger charge is 2.27. The second-order valence-corrected chi connectivity index (χ2v) is 7.87. The van der Waals surface area contributed by atoms with Crippen LogP contribution < -0.4 is 10.6 Å². The molecule has 0 aromatic heterocycles. The van der Waals surface area contributed by atoms with Crippen molar-refractivity contribution in [1.82, 2.24) is 10.6 Å². The molecule has 2 atom stereocenters. The van der Waals surface area contributed by atoms with Crippen LogP contribution in [-0.2, 0) is 29.0 Å². The Morgan fingerprint density at radius 1 is 0.800 bits per heavy atom. The number of ether oxygens (including phenoxy) is 1. The van der Waals surface area contributed by atoms with E-state index in [0.29, 0.717) is 0 Å². The molecule has 8 nitrogen and oxygen atoms in total. The van der Waals surface area contributed by atoms with Crippen LogP contribution in [0.5, 0.6) is 0 Å². The Morgan fingerprint density at radius 2 is 1.29 bits per heavy atom. The first kappa shape index (κ1) is 25.0. The van der Waals surface area contributed by atoms with Crippen LogP contribution in [0.15, 0.2) is 103 Å². The van der Waals surface area contributed by atoms with E-state index in [0.717, 1.165) is 22.9 Å². The number of amides is 2. The van der Waals surface area contributed by atoms with Gasteiger partial charge in [-0.3, -0.25) is 4.79 Å². The van der Waals surface area contributed by atoms with Crippen LogP contribution in [0.3, 0.4) is 0 Å². The first-order valence-electron chi connectivity index (χ1n) is 11.1. The van der Waals surface area contributed by atoms with E-state index < -0.39 is 24.1 Å². The molecule has 0 aliphatic rings. The van der Waals surface area contributed by atoms with Gasteiger partial charge in [-0.1, -0.05) is 91.0 Å². The summed E-state index contributed by atoms with van der Waals surface area (Å²) in [5.74, 6) is -0.848. The van der Waals surface area contributed by atoms with E-state index in [2.05, 4.69) is 15.6 Å². The van der Waals surface area contributed by atoms with E-state index in [1.807, 2.05) is 91.0 Å². The second-order valence-electron chi connectivity index (χ2n) is 7.87. The SMILES string of the molecule is N#[N+]/C=C(\O)[C@H](Cc1ccccc1)NC(=O)[C@H](Cc1ccccc1)NC(=O)OCc1ccccc1. The number of nitrogens with one attached hydrogen (secondary N) is 2. The minimum atomic E-state index is -0.974. The minimum absolute atomic E-state index is 0.0600. The van der Waals surface area contributed by atoms with Gasteiger partial charge < -0.3 is 20.5 Å². The maximum Gasteiger partial charge on any atom is 0.408 e. The summed E-state index contributed by atoms with van der Waals surface area (Å²) in [6.45, 7) is 0.0600. The molecule has 35 heavy (non-hydrogen) atoms. The molecule has 0 saturated heterocycles. The maximum absolute atomic E-state index is 13.3. The molecule has 3 rings (SSSR count). The van der Waals surface area contributed by atoms with Gasteiger partial charge in [-0.05, 0) is 16.7 Å². The standard InChI is InChI=1S/C27H26N4O4/c28-29-18-25(32)23(16-20-10-4-1-5-11-20)30-26(33)24(17-21-12-6-2-7-13-21)31-27(34)35-19-22-14-8-3-9-15-22/h1-15,18,23-24H,16-17,19H2,(H2-,30,31,32,33,34)/p+1/b25-18-/t23-,24-/m0/s1. The quantitative estimate of drug-likeness (QED) is 0.297. The zero-order valence-corrected chi connectivity index (χ0v) is 19.1. The normalized spacial score (nSPS) is 12.6. The molecule has 0 spiro atoms. The van der Waals surface area contributed by atoms with Gasteiger partial charge in [0.2, 0.25) is 17.1 Å². The number of aliphatic hydroxyl groups excluding tert-OH is 1. The van der Waals surface area contributed by atoms with Gasteiger partial charge in [-0.15, -0.1) is 0 Å². The molecule has 0 heterocycles. The van der Waals surface area contributed by atoms with Crippen molar-refractivity contribution in [3.05, 3.63) is 125 Å². The second kappa shape index (κ2) is 13.2. The van der Waals surface area contributed by atoms with E-state index in [9.17, 15) is 14.7 Å². The number of nitrogens with zero attached hydrogens (tertiary/aromatic N) is 2. The van der Waals surface area contributed by atoms with Crippen molar-refractivity contribution in [2.75, 3.05) is 0 Å². The molecule has 8 heteroatoms. The summed E-state index contributed by atoms with van der Waals surface area (Å²) in [6.07, 6.45) is 0.581. The van der Waals surface area contributed by atoms with Crippen LogP contribution in [0.4, 0.5) is 4.79 Å². The Kier molecular flexibility index (Phi) is 9.40. The monoisotopic (exact) mass is 471 g/mol. The maximum atomic E-state index is 13.3. The molecule has 0 radical (unpaired) electrons. The van der Waals surface area contributed by atoms with Crippen LogP contribution in [0.1, 0.15) is 16.7 Å². The van der Waals surface area contributed by atoms with Gasteiger partial charge in [0.1, 0.15) is 12.6 Å². The van der Waals surface area contributed by atoms with Crippen LogP contribution in [0, 0.1) is 5.39 Å². The van der Waals surface area contributed by atoms with Crippen molar-refractivity contribution >= 4 is 12.0 Å². The predicted molar refractivity (Wildman–Crippen MR) is 132 cm³/mol. The summed E-state index contributed by atoms with van der Waals surface area (Å²) in [5, 5.41) is 24.6. The third-order valence-corrected chi connectivity index (χ3v) is 5.25. The summed E-state index contributed by atoms with van der Waals surface area (Å²) >= 11 is 0. The number of hydrogen-bond acceptors (Lipinski definition) is 5. The number of aliphatic hydroxyl groups is 1. The van der Waals surface area contributed by atoms with Crippen molar-refractivity contribution in [2.45, 2.75) is 31.5 Å². The predicted octanol–water partition coefficient (Wildman–Crippen LogP) is 4.50. The van der Waals surface area contributed by atoms with Crippen molar-refractivity contribution in [3.63, 3.8) is 0 Å².